The Morgan fingerprint density at radius 1 is 1.12 bits per heavy atom. The van der Waals surface area contributed by atoms with Crippen molar-refractivity contribution >= 4 is 5.82 Å². The first kappa shape index (κ1) is 13.9. The molecule has 1 aromatic heterocycles. The van der Waals surface area contributed by atoms with E-state index in [1.54, 1.807) is 0 Å². The van der Waals surface area contributed by atoms with Gasteiger partial charge in [0.1, 0.15) is 11.6 Å². The van der Waals surface area contributed by atoms with Crippen molar-refractivity contribution in [2.75, 3.05) is 18.4 Å². The third-order valence-electron chi connectivity index (χ3n) is 2.37. The molecule has 0 amide bonds. The minimum Gasteiger partial charge on any atom is -0.369 e. The van der Waals surface area contributed by atoms with Gasteiger partial charge in [-0.2, -0.15) is 0 Å². The molecule has 0 unspecified atom stereocenters. The van der Waals surface area contributed by atoms with E-state index in [0.717, 1.165) is 30.4 Å². The third kappa shape index (κ3) is 5.13. The number of nitrogens with zero attached hydrogens (tertiary/aromatic N) is 2. The van der Waals surface area contributed by atoms with E-state index in [1.807, 2.05) is 13.0 Å². The molecule has 1 aromatic rings. The van der Waals surface area contributed by atoms with Gasteiger partial charge in [0.2, 0.25) is 0 Å². The molecule has 4 nitrogen and oxygen atoms in total. The highest BCUT2D eigenvalue weighted by molar-refractivity contribution is 5.36. The number of hydrogen-bond donors (Lipinski definition) is 2. The van der Waals surface area contributed by atoms with Crippen molar-refractivity contribution < 1.29 is 0 Å². The standard InChI is InChI=1S/C13H24N4/c1-9(2)13-16-11(5)8-12(17-13)15-7-6-14-10(3)4/h8-10,14H,6-7H2,1-5H3,(H,15,16,17). The Labute approximate surface area is 104 Å². The molecule has 0 saturated carbocycles. The summed E-state index contributed by atoms with van der Waals surface area (Å²) in [6.45, 7) is 12.3. The van der Waals surface area contributed by atoms with E-state index in [4.69, 9.17) is 0 Å². The molecular formula is C13H24N4. The van der Waals surface area contributed by atoms with E-state index in [1.165, 1.54) is 0 Å². The first-order chi connectivity index (χ1) is 7.99. The van der Waals surface area contributed by atoms with Crippen LogP contribution < -0.4 is 10.6 Å². The molecule has 17 heavy (non-hydrogen) atoms. The zero-order chi connectivity index (χ0) is 12.8. The van der Waals surface area contributed by atoms with Crippen molar-refractivity contribution in [3.63, 3.8) is 0 Å². The van der Waals surface area contributed by atoms with Crippen molar-refractivity contribution in [2.45, 2.75) is 46.6 Å². The SMILES string of the molecule is Cc1cc(NCCNC(C)C)nc(C(C)C)n1. The molecule has 1 heterocycles. The van der Waals surface area contributed by atoms with Gasteiger partial charge in [0.25, 0.3) is 0 Å². The molecule has 0 spiro atoms. The molecule has 2 N–H and O–H groups in total. The number of aromatic nitrogens is 2. The Hall–Kier alpha value is -1.16. The average molecular weight is 236 g/mol. The second-order valence-corrected chi connectivity index (χ2v) is 4.94. The van der Waals surface area contributed by atoms with Crippen molar-refractivity contribution in [1.29, 1.82) is 0 Å². The summed E-state index contributed by atoms with van der Waals surface area (Å²) in [5.41, 5.74) is 1.02. The van der Waals surface area contributed by atoms with Crippen LogP contribution in [-0.4, -0.2) is 29.1 Å². The number of nitrogens with one attached hydrogen (secondary N) is 2. The van der Waals surface area contributed by atoms with Crippen LogP contribution in [0.3, 0.4) is 0 Å². The smallest absolute Gasteiger partial charge is 0.133 e. The lowest BCUT2D eigenvalue weighted by Gasteiger charge is -2.11. The van der Waals surface area contributed by atoms with Gasteiger partial charge in [0, 0.05) is 36.8 Å². The van der Waals surface area contributed by atoms with Crippen LogP contribution in [-0.2, 0) is 0 Å². The molecule has 0 aliphatic rings. The minimum absolute atomic E-state index is 0.365. The van der Waals surface area contributed by atoms with Crippen LogP contribution >= 0.6 is 0 Å². The normalized spacial score (nSPS) is 11.2. The van der Waals surface area contributed by atoms with Crippen molar-refractivity contribution in [3.8, 4) is 0 Å². The predicted molar refractivity (Wildman–Crippen MR) is 72.5 cm³/mol. The van der Waals surface area contributed by atoms with E-state index in [0.29, 0.717) is 12.0 Å². The lowest BCUT2D eigenvalue weighted by Crippen LogP contribution is -2.28. The molecule has 0 aliphatic heterocycles. The van der Waals surface area contributed by atoms with E-state index in [9.17, 15) is 0 Å². The van der Waals surface area contributed by atoms with Crippen LogP contribution in [0, 0.1) is 6.92 Å². The summed E-state index contributed by atoms with van der Waals surface area (Å²) in [5, 5.41) is 6.68. The van der Waals surface area contributed by atoms with Crippen LogP contribution in [0.15, 0.2) is 6.07 Å². The summed E-state index contributed by atoms with van der Waals surface area (Å²) < 4.78 is 0. The van der Waals surface area contributed by atoms with Crippen LogP contribution in [0.1, 0.15) is 45.1 Å². The van der Waals surface area contributed by atoms with Gasteiger partial charge < -0.3 is 10.6 Å². The van der Waals surface area contributed by atoms with Gasteiger partial charge in [-0.25, -0.2) is 9.97 Å². The second kappa shape index (κ2) is 6.55. The largest absolute Gasteiger partial charge is 0.369 e. The third-order valence-corrected chi connectivity index (χ3v) is 2.37. The molecule has 0 fully saturated rings. The van der Waals surface area contributed by atoms with Gasteiger partial charge in [0.15, 0.2) is 0 Å². The minimum atomic E-state index is 0.365. The summed E-state index contributed by atoms with van der Waals surface area (Å²) in [7, 11) is 0. The van der Waals surface area contributed by atoms with E-state index in [2.05, 4.69) is 48.3 Å². The molecule has 96 valence electrons. The van der Waals surface area contributed by atoms with Gasteiger partial charge in [0.05, 0.1) is 0 Å². The number of hydrogen-bond acceptors (Lipinski definition) is 4. The first-order valence-electron chi connectivity index (χ1n) is 6.32. The van der Waals surface area contributed by atoms with E-state index in [-0.39, 0.29) is 0 Å². The average Bonchev–Trinajstić information content (AvgIpc) is 2.23. The summed E-state index contributed by atoms with van der Waals surface area (Å²) in [4.78, 5) is 8.92. The Bertz CT molecular complexity index is 347. The molecule has 0 bridgehead atoms. The fourth-order valence-electron chi connectivity index (χ4n) is 1.49. The fraction of sp³-hybridized carbons (Fsp3) is 0.692. The van der Waals surface area contributed by atoms with Crippen LogP contribution in [0.25, 0.3) is 0 Å². The number of rotatable bonds is 6. The molecular weight excluding hydrogens is 212 g/mol. The molecule has 0 aliphatic carbocycles. The van der Waals surface area contributed by atoms with Crippen molar-refractivity contribution in [1.82, 2.24) is 15.3 Å². The van der Waals surface area contributed by atoms with Gasteiger partial charge in [-0.15, -0.1) is 0 Å². The zero-order valence-corrected chi connectivity index (χ0v) is 11.5. The summed E-state index contributed by atoms with van der Waals surface area (Å²) in [6.07, 6.45) is 0. The van der Waals surface area contributed by atoms with Crippen molar-refractivity contribution in [2.24, 2.45) is 0 Å². The monoisotopic (exact) mass is 236 g/mol. The highest BCUT2D eigenvalue weighted by Crippen LogP contribution is 2.13. The molecule has 0 radical (unpaired) electrons. The highest BCUT2D eigenvalue weighted by Gasteiger charge is 2.05. The fourth-order valence-corrected chi connectivity index (χ4v) is 1.49. The van der Waals surface area contributed by atoms with Gasteiger partial charge in [-0.3, -0.25) is 0 Å². The lowest BCUT2D eigenvalue weighted by molar-refractivity contribution is 0.601. The van der Waals surface area contributed by atoms with E-state index >= 15 is 0 Å². The lowest BCUT2D eigenvalue weighted by atomic mass is 10.2. The topological polar surface area (TPSA) is 49.8 Å². The van der Waals surface area contributed by atoms with E-state index < -0.39 is 0 Å². The quantitative estimate of drug-likeness (QED) is 0.744. The van der Waals surface area contributed by atoms with Crippen LogP contribution in [0.4, 0.5) is 5.82 Å². The highest BCUT2D eigenvalue weighted by atomic mass is 15.0. The molecule has 4 heteroatoms. The number of anilines is 1. The molecule has 0 aromatic carbocycles. The maximum atomic E-state index is 4.50. The molecule has 0 atom stereocenters. The summed E-state index contributed by atoms with van der Waals surface area (Å²) in [5.74, 6) is 2.19. The summed E-state index contributed by atoms with van der Waals surface area (Å²) in [6, 6.07) is 2.51. The Morgan fingerprint density at radius 3 is 2.41 bits per heavy atom. The zero-order valence-electron chi connectivity index (χ0n) is 11.5. The second-order valence-electron chi connectivity index (χ2n) is 4.94. The van der Waals surface area contributed by atoms with Crippen LogP contribution in [0.2, 0.25) is 0 Å². The van der Waals surface area contributed by atoms with Crippen molar-refractivity contribution in [3.05, 3.63) is 17.6 Å². The van der Waals surface area contributed by atoms with Gasteiger partial charge in [-0.1, -0.05) is 27.7 Å². The number of aryl methyl sites for hydroxylation is 1. The Kier molecular flexibility index (Phi) is 5.35. The predicted octanol–water partition coefficient (Wildman–Crippen LogP) is 2.32. The molecule has 0 saturated heterocycles. The molecule has 1 rings (SSSR count). The Balaban J connectivity index is 2.53. The Morgan fingerprint density at radius 2 is 1.82 bits per heavy atom. The van der Waals surface area contributed by atoms with Gasteiger partial charge >= 0.3 is 0 Å². The maximum absolute atomic E-state index is 4.50. The van der Waals surface area contributed by atoms with Crippen LogP contribution in [0.5, 0.6) is 0 Å². The first-order valence-corrected chi connectivity index (χ1v) is 6.32. The summed E-state index contributed by atoms with van der Waals surface area (Å²) >= 11 is 0. The maximum Gasteiger partial charge on any atom is 0.133 e. The van der Waals surface area contributed by atoms with Gasteiger partial charge in [-0.05, 0) is 6.92 Å².